The number of hydrogen-bond acceptors (Lipinski definition) is 2. The molecule has 1 saturated carbocycles. The monoisotopic (exact) mass is 258 g/mol. The van der Waals surface area contributed by atoms with Crippen molar-refractivity contribution in [1.29, 1.82) is 0 Å². The van der Waals surface area contributed by atoms with Gasteiger partial charge in [-0.3, -0.25) is 0 Å². The van der Waals surface area contributed by atoms with E-state index in [4.69, 9.17) is 0 Å². The van der Waals surface area contributed by atoms with Crippen LogP contribution in [0, 0.1) is 17.5 Å². The summed E-state index contributed by atoms with van der Waals surface area (Å²) in [6.45, 7) is 1.67. The molecule has 0 bridgehead atoms. The SMILES string of the molecule is Fc1cc(F)c(CNCCCNC2CC2)c(F)c1. The van der Waals surface area contributed by atoms with Gasteiger partial charge in [-0.25, -0.2) is 13.2 Å². The first kappa shape index (κ1) is 13.4. The zero-order valence-electron chi connectivity index (χ0n) is 10.1. The Labute approximate surface area is 105 Å². The summed E-state index contributed by atoms with van der Waals surface area (Å²) in [6, 6.07) is 2.08. The molecule has 0 spiro atoms. The van der Waals surface area contributed by atoms with Gasteiger partial charge in [0.25, 0.3) is 0 Å². The van der Waals surface area contributed by atoms with Gasteiger partial charge in [-0.2, -0.15) is 0 Å². The van der Waals surface area contributed by atoms with Crippen molar-refractivity contribution in [3.63, 3.8) is 0 Å². The minimum atomic E-state index is -0.887. The van der Waals surface area contributed by atoms with Crippen molar-refractivity contribution >= 4 is 0 Å². The van der Waals surface area contributed by atoms with Crippen molar-refractivity contribution in [3.05, 3.63) is 35.1 Å². The predicted molar refractivity (Wildman–Crippen MR) is 63.7 cm³/mol. The van der Waals surface area contributed by atoms with Crippen LogP contribution in [-0.2, 0) is 6.54 Å². The van der Waals surface area contributed by atoms with E-state index in [9.17, 15) is 13.2 Å². The second kappa shape index (κ2) is 6.20. The van der Waals surface area contributed by atoms with Crippen LogP contribution in [0.15, 0.2) is 12.1 Å². The van der Waals surface area contributed by atoms with E-state index in [2.05, 4.69) is 10.6 Å². The lowest BCUT2D eigenvalue weighted by Crippen LogP contribution is -2.23. The first-order chi connectivity index (χ1) is 8.66. The molecule has 1 fully saturated rings. The molecule has 1 aliphatic rings. The number of halogens is 3. The molecule has 0 aliphatic heterocycles. The molecule has 100 valence electrons. The minimum absolute atomic E-state index is 0.0847. The molecular formula is C13H17F3N2. The smallest absolute Gasteiger partial charge is 0.133 e. The first-order valence-corrected chi connectivity index (χ1v) is 6.24. The Hall–Kier alpha value is -1.07. The van der Waals surface area contributed by atoms with Crippen LogP contribution >= 0.6 is 0 Å². The standard InChI is InChI=1S/C13H17F3N2/c14-9-6-12(15)11(13(16)7-9)8-17-4-1-5-18-10-2-3-10/h6-7,10,17-18H,1-5,8H2. The topological polar surface area (TPSA) is 24.1 Å². The van der Waals surface area contributed by atoms with Crippen molar-refractivity contribution in [2.24, 2.45) is 0 Å². The van der Waals surface area contributed by atoms with E-state index in [0.29, 0.717) is 24.7 Å². The quantitative estimate of drug-likeness (QED) is 0.733. The lowest BCUT2D eigenvalue weighted by molar-refractivity contribution is 0.506. The third-order valence-electron chi connectivity index (χ3n) is 2.95. The number of nitrogens with one attached hydrogen (secondary N) is 2. The highest BCUT2D eigenvalue weighted by molar-refractivity contribution is 5.20. The lowest BCUT2D eigenvalue weighted by atomic mass is 10.2. The summed E-state index contributed by atoms with van der Waals surface area (Å²) in [4.78, 5) is 0. The maximum absolute atomic E-state index is 13.3. The zero-order chi connectivity index (χ0) is 13.0. The normalized spacial score (nSPS) is 15.1. The number of benzene rings is 1. The molecule has 0 amide bonds. The van der Waals surface area contributed by atoms with Gasteiger partial charge in [0.05, 0.1) is 0 Å². The van der Waals surface area contributed by atoms with Gasteiger partial charge in [0, 0.05) is 30.3 Å². The molecule has 1 aliphatic carbocycles. The zero-order valence-corrected chi connectivity index (χ0v) is 10.1. The fourth-order valence-corrected chi connectivity index (χ4v) is 1.76. The van der Waals surface area contributed by atoms with Gasteiger partial charge < -0.3 is 10.6 Å². The fourth-order valence-electron chi connectivity index (χ4n) is 1.76. The van der Waals surface area contributed by atoms with Crippen LogP contribution in [0.5, 0.6) is 0 Å². The third-order valence-corrected chi connectivity index (χ3v) is 2.95. The van der Waals surface area contributed by atoms with E-state index in [1.165, 1.54) is 12.8 Å². The maximum Gasteiger partial charge on any atom is 0.133 e. The average Bonchev–Trinajstić information content (AvgIpc) is 3.09. The largest absolute Gasteiger partial charge is 0.314 e. The Morgan fingerprint density at radius 3 is 2.33 bits per heavy atom. The second-order valence-electron chi connectivity index (χ2n) is 4.61. The van der Waals surface area contributed by atoms with Crippen molar-refractivity contribution in [2.45, 2.75) is 31.8 Å². The Balaban J connectivity index is 1.68. The Morgan fingerprint density at radius 1 is 1.06 bits per heavy atom. The predicted octanol–water partition coefficient (Wildman–Crippen LogP) is 2.34. The van der Waals surface area contributed by atoms with E-state index >= 15 is 0 Å². The Bertz CT molecular complexity index is 382. The molecular weight excluding hydrogens is 241 g/mol. The molecule has 2 N–H and O–H groups in total. The Kier molecular flexibility index (Phi) is 4.60. The van der Waals surface area contributed by atoms with Crippen LogP contribution in [0.25, 0.3) is 0 Å². The molecule has 2 nitrogen and oxygen atoms in total. The van der Waals surface area contributed by atoms with Crippen molar-refractivity contribution < 1.29 is 13.2 Å². The number of hydrogen-bond donors (Lipinski definition) is 2. The van der Waals surface area contributed by atoms with Crippen molar-refractivity contribution in [1.82, 2.24) is 10.6 Å². The van der Waals surface area contributed by atoms with Crippen molar-refractivity contribution in [2.75, 3.05) is 13.1 Å². The highest BCUT2D eigenvalue weighted by atomic mass is 19.1. The minimum Gasteiger partial charge on any atom is -0.314 e. The molecule has 0 unspecified atom stereocenters. The van der Waals surface area contributed by atoms with E-state index < -0.39 is 17.5 Å². The highest BCUT2D eigenvalue weighted by Crippen LogP contribution is 2.18. The first-order valence-electron chi connectivity index (χ1n) is 6.24. The summed E-state index contributed by atoms with van der Waals surface area (Å²) < 4.78 is 39.2. The van der Waals surface area contributed by atoms with Gasteiger partial charge in [-0.05, 0) is 32.4 Å². The molecule has 0 saturated heterocycles. The van der Waals surface area contributed by atoms with E-state index in [1.54, 1.807) is 0 Å². The number of rotatable bonds is 7. The summed E-state index contributed by atoms with van der Waals surface area (Å²) in [7, 11) is 0. The average molecular weight is 258 g/mol. The third kappa shape index (κ3) is 3.99. The van der Waals surface area contributed by atoms with Gasteiger partial charge in [0.1, 0.15) is 17.5 Å². The molecule has 0 radical (unpaired) electrons. The van der Waals surface area contributed by atoms with E-state index in [1.807, 2.05) is 0 Å². The Morgan fingerprint density at radius 2 is 1.72 bits per heavy atom. The molecule has 5 heteroatoms. The molecule has 18 heavy (non-hydrogen) atoms. The van der Waals surface area contributed by atoms with Crippen LogP contribution in [0.2, 0.25) is 0 Å². The molecule has 1 aromatic carbocycles. The van der Waals surface area contributed by atoms with Crippen LogP contribution in [0.1, 0.15) is 24.8 Å². The van der Waals surface area contributed by atoms with E-state index in [0.717, 1.165) is 13.0 Å². The van der Waals surface area contributed by atoms with Gasteiger partial charge >= 0.3 is 0 Å². The van der Waals surface area contributed by atoms with Crippen molar-refractivity contribution in [3.8, 4) is 0 Å². The molecule has 0 aromatic heterocycles. The fraction of sp³-hybridized carbons (Fsp3) is 0.538. The molecule has 2 rings (SSSR count). The van der Waals surface area contributed by atoms with Crippen LogP contribution in [-0.4, -0.2) is 19.1 Å². The summed E-state index contributed by atoms with van der Waals surface area (Å²) in [5, 5.41) is 6.30. The highest BCUT2D eigenvalue weighted by Gasteiger charge is 2.19. The summed E-state index contributed by atoms with van der Waals surface area (Å²) >= 11 is 0. The van der Waals surface area contributed by atoms with Crippen LogP contribution in [0.3, 0.4) is 0 Å². The second-order valence-corrected chi connectivity index (χ2v) is 4.61. The van der Waals surface area contributed by atoms with Crippen LogP contribution < -0.4 is 10.6 Å². The molecule has 1 aromatic rings. The van der Waals surface area contributed by atoms with Gasteiger partial charge in [-0.15, -0.1) is 0 Å². The van der Waals surface area contributed by atoms with Gasteiger partial charge in [-0.1, -0.05) is 0 Å². The van der Waals surface area contributed by atoms with Crippen LogP contribution in [0.4, 0.5) is 13.2 Å². The summed E-state index contributed by atoms with van der Waals surface area (Å²) in [5.74, 6) is -2.56. The molecule has 0 atom stereocenters. The summed E-state index contributed by atoms with van der Waals surface area (Å²) in [5.41, 5.74) is -0.105. The molecule has 0 heterocycles. The van der Waals surface area contributed by atoms with Gasteiger partial charge in [0.2, 0.25) is 0 Å². The van der Waals surface area contributed by atoms with Gasteiger partial charge in [0.15, 0.2) is 0 Å². The maximum atomic E-state index is 13.3. The lowest BCUT2D eigenvalue weighted by Gasteiger charge is -2.08. The summed E-state index contributed by atoms with van der Waals surface area (Å²) in [6.07, 6.45) is 3.40. The van der Waals surface area contributed by atoms with E-state index in [-0.39, 0.29) is 12.1 Å².